The molecular formula is C12H26F3NO3S. The van der Waals surface area contributed by atoms with Gasteiger partial charge in [-0.2, -0.15) is 8.42 Å². The summed E-state index contributed by atoms with van der Waals surface area (Å²) in [5.41, 5.74) is 0. The third-order valence-corrected chi connectivity index (χ3v) is 3.62. The maximum Gasteiger partial charge on any atom is 0.267 e. The van der Waals surface area contributed by atoms with E-state index < -0.39 is 28.2 Å². The summed E-state index contributed by atoms with van der Waals surface area (Å²) < 4.78 is 67.2. The van der Waals surface area contributed by atoms with Crippen LogP contribution in [-0.2, 0) is 10.1 Å². The highest BCUT2D eigenvalue weighted by molar-refractivity contribution is 7.85. The fourth-order valence-corrected chi connectivity index (χ4v) is 2.42. The Hall–Kier alpha value is -0.340. The summed E-state index contributed by atoms with van der Waals surface area (Å²) >= 11 is 0. The first-order valence-electron chi connectivity index (χ1n) is 6.66. The zero-order valence-electron chi connectivity index (χ0n) is 11.7. The molecule has 2 atom stereocenters. The van der Waals surface area contributed by atoms with Gasteiger partial charge >= 0.3 is 0 Å². The summed E-state index contributed by atoms with van der Waals surface area (Å²) in [6.07, 6.45) is 1.36. The van der Waals surface area contributed by atoms with Crippen LogP contribution in [0.25, 0.3) is 0 Å². The molecule has 8 heteroatoms. The Labute approximate surface area is 119 Å². The van der Waals surface area contributed by atoms with Gasteiger partial charge in [0.1, 0.15) is 18.1 Å². The van der Waals surface area contributed by atoms with Gasteiger partial charge < -0.3 is 6.15 Å². The van der Waals surface area contributed by atoms with Crippen molar-refractivity contribution < 1.29 is 26.1 Å². The minimum absolute atomic E-state index is 0. The molecule has 0 saturated carbocycles. The van der Waals surface area contributed by atoms with E-state index >= 15 is 0 Å². The largest absolute Gasteiger partial charge is 0.344 e. The second-order valence-corrected chi connectivity index (χ2v) is 6.23. The van der Waals surface area contributed by atoms with E-state index in [4.69, 9.17) is 4.55 Å². The molecule has 0 heterocycles. The van der Waals surface area contributed by atoms with Crippen molar-refractivity contribution in [3.63, 3.8) is 0 Å². The van der Waals surface area contributed by atoms with Crippen LogP contribution in [0, 0.1) is 0 Å². The SMILES string of the molecule is N.O=S(=O)(O)CC(F)C(F)CCCCCCCCCF. The molecule has 0 aliphatic carbocycles. The molecule has 2 unspecified atom stereocenters. The lowest BCUT2D eigenvalue weighted by atomic mass is 10.1. The van der Waals surface area contributed by atoms with E-state index in [9.17, 15) is 21.6 Å². The lowest BCUT2D eigenvalue weighted by molar-refractivity contribution is 0.169. The van der Waals surface area contributed by atoms with Crippen molar-refractivity contribution in [3.8, 4) is 0 Å². The molecule has 0 spiro atoms. The number of hydrogen-bond acceptors (Lipinski definition) is 3. The number of hydrogen-bond donors (Lipinski definition) is 2. The van der Waals surface area contributed by atoms with E-state index in [1.807, 2.05) is 0 Å². The molecule has 0 saturated heterocycles. The maximum absolute atomic E-state index is 13.2. The van der Waals surface area contributed by atoms with Gasteiger partial charge in [-0.3, -0.25) is 8.94 Å². The highest BCUT2D eigenvalue weighted by atomic mass is 32.2. The van der Waals surface area contributed by atoms with E-state index in [-0.39, 0.29) is 19.2 Å². The average Bonchev–Trinajstić information content (AvgIpc) is 2.30. The van der Waals surface area contributed by atoms with Crippen molar-refractivity contribution >= 4 is 10.1 Å². The monoisotopic (exact) mass is 321 g/mol. The average molecular weight is 321 g/mol. The fourth-order valence-electron chi connectivity index (χ4n) is 1.80. The van der Waals surface area contributed by atoms with Crippen molar-refractivity contribution in [1.29, 1.82) is 0 Å². The standard InChI is InChI=1S/C12H23F3O3S.H3N/c13-9-7-5-3-1-2-4-6-8-11(14)12(15)10-19(16,17)18;/h11-12H,1-10H2,(H,16,17,18);1H3. The first-order valence-corrected chi connectivity index (χ1v) is 8.27. The highest BCUT2D eigenvalue weighted by Gasteiger charge is 2.25. The van der Waals surface area contributed by atoms with Gasteiger partial charge in [-0.05, 0) is 12.8 Å². The topological polar surface area (TPSA) is 89.4 Å². The molecule has 0 aromatic heterocycles. The van der Waals surface area contributed by atoms with Gasteiger partial charge in [-0.15, -0.1) is 0 Å². The summed E-state index contributed by atoms with van der Waals surface area (Å²) in [5.74, 6) is -1.18. The van der Waals surface area contributed by atoms with Crippen LogP contribution in [0.5, 0.6) is 0 Å². The Kier molecular flexibility index (Phi) is 13.6. The molecular weight excluding hydrogens is 295 g/mol. The van der Waals surface area contributed by atoms with E-state index in [1.165, 1.54) is 0 Å². The molecule has 4 nitrogen and oxygen atoms in total. The van der Waals surface area contributed by atoms with Crippen LogP contribution in [0.4, 0.5) is 13.2 Å². The quantitative estimate of drug-likeness (QED) is 0.422. The van der Waals surface area contributed by atoms with E-state index in [0.29, 0.717) is 12.8 Å². The molecule has 0 aliphatic heterocycles. The van der Waals surface area contributed by atoms with Gasteiger partial charge in [0.05, 0.1) is 6.67 Å². The Morgan fingerprint density at radius 2 is 1.30 bits per heavy atom. The highest BCUT2D eigenvalue weighted by Crippen LogP contribution is 2.16. The van der Waals surface area contributed by atoms with Crippen molar-refractivity contribution in [2.24, 2.45) is 0 Å². The number of unbranched alkanes of at least 4 members (excludes halogenated alkanes) is 6. The Bertz CT molecular complexity index is 315. The summed E-state index contributed by atoms with van der Waals surface area (Å²) in [6, 6.07) is 0. The smallest absolute Gasteiger partial charge is 0.267 e. The first-order chi connectivity index (χ1) is 8.87. The molecule has 0 aromatic rings. The summed E-state index contributed by atoms with van der Waals surface area (Å²) in [5, 5.41) is 0. The van der Waals surface area contributed by atoms with Crippen LogP contribution in [0.1, 0.15) is 51.4 Å². The van der Waals surface area contributed by atoms with Crippen LogP contribution in [-0.4, -0.2) is 37.7 Å². The van der Waals surface area contributed by atoms with Gasteiger partial charge in [-0.1, -0.05) is 38.5 Å². The fraction of sp³-hybridized carbons (Fsp3) is 1.00. The molecule has 0 bridgehead atoms. The van der Waals surface area contributed by atoms with E-state index in [1.54, 1.807) is 0 Å². The predicted molar refractivity (Wildman–Crippen MR) is 74.1 cm³/mol. The molecule has 0 aliphatic rings. The minimum atomic E-state index is -4.46. The van der Waals surface area contributed by atoms with Crippen LogP contribution in [0.15, 0.2) is 0 Å². The molecule has 0 rings (SSSR count). The van der Waals surface area contributed by atoms with Gasteiger partial charge in [-0.25, -0.2) is 8.78 Å². The van der Waals surface area contributed by atoms with Crippen LogP contribution in [0.2, 0.25) is 0 Å². The third-order valence-electron chi connectivity index (χ3n) is 2.88. The van der Waals surface area contributed by atoms with Crippen molar-refractivity contribution in [3.05, 3.63) is 0 Å². The van der Waals surface area contributed by atoms with E-state index in [2.05, 4.69) is 0 Å². The van der Waals surface area contributed by atoms with E-state index in [0.717, 1.165) is 32.1 Å². The first kappa shape index (κ1) is 21.9. The van der Waals surface area contributed by atoms with Gasteiger partial charge in [0.2, 0.25) is 0 Å². The predicted octanol–water partition coefficient (Wildman–Crippen LogP) is 3.80. The van der Waals surface area contributed by atoms with Gasteiger partial charge in [0.15, 0.2) is 0 Å². The van der Waals surface area contributed by atoms with Crippen molar-refractivity contribution in [2.75, 3.05) is 12.4 Å². The molecule has 4 N–H and O–H groups in total. The molecule has 124 valence electrons. The summed E-state index contributed by atoms with van der Waals surface area (Å²) in [4.78, 5) is 0. The Balaban J connectivity index is 0. The minimum Gasteiger partial charge on any atom is -0.344 e. The second-order valence-electron chi connectivity index (χ2n) is 4.73. The molecule has 20 heavy (non-hydrogen) atoms. The Morgan fingerprint density at radius 1 is 0.850 bits per heavy atom. The summed E-state index contributed by atoms with van der Waals surface area (Å²) in [7, 11) is -4.46. The van der Waals surface area contributed by atoms with Crippen LogP contribution >= 0.6 is 0 Å². The zero-order chi connectivity index (χ0) is 14.7. The van der Waals surface area contributed by atoms with Crippen molar-refractivity contribution in [2.45, 2.75) is 63.7 Å². The normalized spacial score (nSPS) is 14.6. The molecule has 0 radical (unpaired) electrons. The zero-order valence-corrected chi connectivity index (χ0v) is 12.6. The molecule has 0 aromatic carbocycles. The van der Waals surface area contributed by atoms with Gasteiger partial charge in [0.25, 0.3) is 10.1 Å². The van der Waals surface area contributed by atoms with Gasteiger partial charge in [0, 0.05) is 0 Å². The Morgan fingerprint density at radius 3 is 1.75 bits per heavy atom. The maximum atomic E-state index is 13.2. The third kappa shape index (κ3) is 14.1. The van der Waals surface area contributed by atoms with Crippen LogP contribution in [0.3, 0.4) is 0 Å². The summed E-state index contributed by atoms with van der Waals surface area (Å²) in [6.45, 7) is -0.296. The molecule has 0 amide bonds. The number of rotatable bonds is 12. The number of halogens is 3. The van der Waals surface area contributed by atoms with Crippen molar-refractivity contribution in [1.82, 2.24) is 6.15 Å². The second kappa shape index (κ2) is 12.4. The lowest BCUT2D eigenvalue weighted by Gasteiger charge is -2.11. The molecule has 0 fully saturated rings. The van der Waals surface area contributed by atoms with Crippen LogP contribution < -0.4 is 6.15 Å². The number of alkyl halides is 3. The lowest BCUT2D eigenvalue weighted by Crippen LogP contribution is -2.26.